The number of hydrogen-bond acceptors (Lipinski definition) is 7. The number of anilines is 1. The summed E-state index contributed by atoms with van der Waals surface area (Å²) in [6.07, 6.45) is 0. The number of benzene rings is 1. The van der Waals surface area contributed by atoms with Gasteiger partial charge in [-0.3, -0.25) is 14.9 Å². The molecule has 7 nitrogen and oxygen atoms in total. The number of nitrogens with zero attached hydrogens (tertiary/aromatic N) is 2. The lowest BCUT2D eigenvalue weighted by molar-refractivity contribution is -0.119. The number of thiazole rings is 1. The van der Waals surface area contributed by atoms with Crippen LogP contribution in [0.4, 0.5) is 5.13 Å². The molecule has 3 aromatic heterocycles. The molecular formula is C22H20N4O3S2. The van der Waals surface area contributed by atoms with E-state index in [2.05, 4.69) is 20.8 Å². The van der Waals surface area contributed by atoms with Gasteiger partial charge in [0.25, 0.3) is 5.91 Å². The highest BCUT2D eigenvalue weighted by Gasteiger charge is 2.18. The van der Waals surface area contributed by atoms with E-state index >= 15 is 0 Å². The highest BCUT2D eigenvalue weighted by atomic mass is 32.1. The summed E-state index contributed by atoms with van der Waals surface area (Å²) in [5.41, 5.74) is 3.45. The second kappa shape index (κ2) is 8.83. The molecule has 9 heteroatoms. The molecule has 0 radical (unpaired) electrons. The van der Waals surface area contributed by atoms with Crippen molar-refractivity contribution in [2.75, 3.05) is 5.32 Å². The maximum Gasteiger partial charge on any atom is 0.296 e. The number of aryl methyl sites for hydroxylation is 2. The van der Waals surface area contributed by atoms with Crippen molar-refractivity contribution in [3.63, 3.8) is 0 Å². The van der Waals surface area contributed by atoms with Gasteiger partial charge >= 0.3 is 0 Å². The van der Waals surface area contributed by atoms with Gasteiger partial charge in [-0.2, -0.15) is 0 Å². The Hall–Kier alpha value is -3.30. The summed E-state index contributed by atoms with van der Waals surface area (Å²) in [4.78, 5) is 31.3. The zero-order valence-electron chi connectivity index (χ0n) is 17.2. The lowest BCUT2D eigenvalue weighted by Crippen LogP contribution is -2.17. The van der Waals surface area contributed by atoms with Crippen LogP contribution in [0, 0.1) is 13.8 Å². The van der Waals surface area contributed by atoms with Crippen LogP contribution in [0.3, 0.4) is 0 Å². The summed E-state index contributed by atoms with van der Waals surface area (Å²) in [5.74, 6) is -0.342. The van der Waals surface area contributed by atoms with Crippen LogP contribution in [0.25, 0.3) is 21.8 Å². The molecule has 0 aliphatic heterocycles. The van der Waals surface area contributed by atoms with Crippen molar-refractivity contribution >= 4 is 39.6 Å². The van der Waals surface area contributed by atoms with Gasteiger partial charge in [-0.1, -0.05) is 35.0 Å². The van der Waals surface area contributed by atoms with Gasteiger partial charge in [-0.25, -0.2) is 4.98 Å². The molecule has 0 aliphatic carbocycles. The number of amides is 2. The number of nitrogens with one attached hydrogen (secondary N) is 2. The van der Waals surface area contributed by atoms with E-state index in [4.69, 9.17) is 4.52 Å². The van der Waals surface area contributed by atoms with Crippen molar-refractivity contribution in [2.45, 2.75) is 27.3 Å². The second-order valence-electron chi connectivity index (χ2n) is 7.00. The van der Waals surface area contributed by atoms with Crippen LogP contribution in [0.15, 0.2) is 47.0 Å². The Balaban J connectivity index is 1.46. The van der Waals surface area contributed by atoms with E-state index in [1.165, 1.54) is 18.3 Å². The van der Waals surface area contributed by atoms with Crippen LogP contribution in [0.5, 0.6) is 0 Å². The number of carbonyl (C=O) groups is 2. The second-order valence-corrected chi connectivity index (χ2v) is 9.37. The van der Waals surface area contributed by atoms with Crippen molar-refractivity contribution in [3.8, 4) is 21.8 Å². The number of hydrogen-bond donors (Lipinski definition) is 2. The molecule has 2 N–H and O–H groups in total. The Morgan fingerprint density at radius 1 is 1.06 bits per heavy atom. The third-order valence-corrected chi connectivity index (χ3v) is 6.48. The van der Waals surface area contributed by atoms with E-state index in [0.29, 0.717) is 17.4 Å². The molecule has 31 heavy (non-hydrogen) atoms. The minimum atomic E-state index is -0.399. The van der Waals surface area contributed by atoms with Crippen molar-refractivity contribution in [1.29, 1.82) is 0 Å². The molecule has 0 spiro atoms. The minimum Gasteiger partial charge on any atom is -0.351 e. The molecule has 2 amide bonds. The summed E-state index contributed by atoms with van der Waals surface area (Å²) in [7, 11) is 0. The molecule has 158 valence electrons. The van der Waals surface area contributed by atoms with Crippen LogP contribution < -0.4 is 10.6 Å². The van der Waals surface area contributed by atoms with Crippen LogP contribution in [0.2, 0.25) is 0 Å². The molecular weight excluding hydrogens is 432 g/mol. The average Bonchev–Trinajstić information content (AvgIpc) is 3.46. The van der Waals surface area contributed by atoms with E-state index in [1.807, 2.05) is 50.2 Å². The van der Waals surface area contributed by atoms with Crippen LogP contribution >= 0.6 is 22.7 Å². The maximum atomic E-state index is 12.6. The lowest BCUT2D eigenvalue weighted by Gasteiger charge is -1.97. The van der Waals surface area contributed by atoms with E-state index < -0.39 is 5.91 Å². The lowest BCUT2D eigenvalue weighted by atomic mass is 10.1. The first-order valence-corrected chi connectivity index (χ1v) is 11.2. The van der Waals surface area contributed by atoms with Gasteiger partial charge in [0.2, 0.25) is 11.7 Å². The molecule has 0 bridgehead atoms. The Morgan fingerprint density at radius 3 is 2.58 bits per heavy atom. The molecule has 3 heterocycles. The van der Waals surface area contributed by atoms with Crippen molar-refractivity contribution < 1.29 is 14.1 Å². The van der Waals surface area contributed by atoms with E-state index in [1.54, 1.807) is 17.4 Å². The molecule has 4 rings (SSSR count). The van der Waals surface area contributed by atoms with E-state index in [-0.39, 0.29) is 11.7 Å². The molecule has 0 saturated carbocycles. The fourth-order valence-electron chi connectivity index (χ4n) is 2.89. The van der Waals surface area contributed by atoms with Crippen molar-refractivity contribution in [3.05, 3.63) is 63.5 Å². The zero-order valence-corrected chi connectivity index (χ0v) is 18.8. The molecule has 0 fully saturated rings. The Kier molecular flexibility index (Phi) is 5.97. The van der Waals surface area contributed by atoms with Gasteiger partial charge in [-0.15, -0.1) is 22.7 Å². The van der Waals surface area contributed by atoms with E-state index in [0.717, 1.165) is 31.5 Å². The Labute approximate surface area is 187 Å². The summed E-state index contributed by atoms with van der Waals surface area (Å²) in [6, 6.07) is 13.4. The topological polar surface area (TPSA) is 97.1 Å². The van der Waals surface area contributed by atoms with Gasteiger partial charge in [-0.05, 0) is 26.0 Å². The highest BCUT2D eigenvalue weighted by molar-refractivity contribution is 7.18. The summed E-state index contributed by atoms with van der Waals surface area (Å²) in [5, 5.41) is 10.1. The SMILES string of the molecule is CC(=O)NCc1ccc(-c2nc(NC(=O)c3cc(-c4ccc(C)cc4)no3)sc2C)s1. The first-order chi connectivity index (χ1) is 14.9. The smallest absolute Gasteiger partial charge is 0.296 e. The summed E-state index contributed by atoms with van der Waals surface area (Å²) in [6.45, 7) is 5.95. The Bertz CT molecular complexity index is 1240. The van der Waals surface area contributed by atoms with Gasteiger partial charge in [0.15, 0.2) is 5.13 Å². The zero-order chi connectivity index (χ0) is 22.0. The standard InChI is InChI=1S/C22H20N4O3S2/c1-12-4-6-15(7-5-12)17-10-18(29-26-17)21(28)25-22-24-20(13(2)30-22)19-9-8-16(31-19)11-23-14(3)27/h4-10H,11H2,1-3H3,(H,23,27)(H,24,25,28). The van der Waals surface area contributed by atoms with Gasteiger partial charge < -0.3 is 9.84 Å². The Morgan fingerprint density at radius 2 is 1.84 bits per heavy atom. The third kappa shape index (κ3) is 4.89. The highest BCUT2D eigenvalue weighted by Crippen LogP contribution is 2.35. The normalized spacial score (nSPS) is 10.8. The number of thiophene rings is 1. The predicted molar refractivity (Wildman–Crippen MR) is 122 cm³/mol. The predicted octanol–water partition coefficient (Wildman–Crippen LogP) is 5.03. The maximum absolute atomic E-state index is 12.6. The first-order valence-electron chi connectivity index (χ1n) is 9.55. The van der Waals surface area contributed by atoms with Gasteiger partial charge in [0.1, 0.15) is 5.69 Å². The quantitative estimate of drug-likeness (QED) is 0.428. The van der Waals surface area contributed by atoms with Crippen LogP contribution in [0.1, 0.15) is 32.8 Å². The molecule has 1 aromatic carbocycles. The summed E-state index contributed by atoms with van der Waals surface area (Å²) >= 11 is 2.96. The van der Waals surface area contributed by atoms with Gasteiger partial charge in [0, 0.05) is 28.3 Å². The van der Waals surface area contributed by atoms with Crippen LogP contribution in [-0.2, 0) is 11.3 Å². The molecule has 0 unspecified atom stereocenters. The van der Waals surface area contributed by atoms with Crippen LogP contribution in [-0.4, -0.2) is 22.0 Å². The van der Waals surface area contributed by atoms with E-state index in [9.17, 15) is 9.59 Å². The number of rotatable bonds is 6. The minimum absolute atomic E-state index is 0.0669. The monoisotopic (exact) mass is 452 g/mol. The molecule has 0 saturated heterocycles. The average molecular weight is 453 g/mol. The largest absolute Gasteiger partial charge is 0.351 e. The number of aromatic nitrogens is 2. The summed E-state index contributed by atoms with van der Waals surface area (Å²) < 4.78 is 5.24. The van der Waals surface area contributed by atoms with Crippen molar-refractivity contribution in [2.24, 2.45) is 0 Å². The third-order valence-electron chi connectivity index (χ3n) is 4.50. The molecule has 0 atom stereocenters. The first kappa shape index (κ1) is 21.0. The van der Waals surface area contributed by atoms with Crippen molar-refractivity contribution in [1.82, 2.24) is 15.5 Å². The molecule has 0 aliphatic rings. The number of carbonyl (C=O) groups excluding carboxylic acids is 2. The van der Waals surface area contributed by atoms with Gasteiger partial charge in [0.05, 0.1) is 17.1 Å². The molecule has 4 aromatic rings. The fraction of sp³-hybridized carbons (Fsp3) is 0.182. The fourth-order valence-corrected chi connectivity index (χ4v) is 4.77.